The summed E-state index contributed by atoms with van der Waals surface area (Å²) in [6.07, 6.45) is 1.81. The van der Waals surface area contributed by atoms with Crippen LogP contribution >= 0.6 is 0 Å². The number of aromatic hydroxyl groups is 1. The molecule has 6 rings (SSSR count). The number of phenolic OH excluding ortho intramolecular Hbond substituents is 1. The van der Waals surface area contributed by atoms with Gasteiger partial charge in [-0.3, -0.25) is 4.98 Å². The van der Waals surface area contributed by atoms with Gasteiger partial charge in [-0.15, -0.1) is 0 Å². The lowest BCUT2D eigenvalue weighted by Gasteiger charge is -2.09. The molecule has 33 heavy (non-hydrogen) atoms. The van der Waals surface area contributed by atoms with E-state index < -0.39 is 0 Å². The number of hydrogen-bond donors (Lipinski definition) is 1. The third-order valence-electron chi connectivity index (χ3n) is 5.82. The first kappa shape index (κ1) is 19.1. The molecule has 0 atom stereocenters. The van der Waals surface area contributed by atoms with E-state index in [1.165, 1.54) is 0 Å². The van der Waals surface area contributed by atoms with E-state index in [9.17, 15) is 5.11 Å². The average molecular weight is 425 g/mol. The first-order chi connectivity index (χ1) is 16.3. The molecule has 6 aromatic rings. The van der Waals surface area contributed by atoms with Crippen LogP contribution in [-0.2, 0) is 0 Å². The number of benzene rings is 3. The van der Waals surface area contributed by atoms with Gasteiger partial charge in [-0.2, -0.15) is 0 Å². The normalized spacial score (nSPS) is 11.2. The number of pyridine rings is 3. The van der Waals surface area contributed by atoms with Gasteiger partial charge in [0.1, 0.15) is 5.75 Å². The molecule has 0 radical (unpaired) electrons. The second-order valence-electron chi connectivity index (χ2n) is 7.91. The van der Waals surface area contributed by atoms with Crippen LogP contribution in [0, 0.1) is 0 Å². The number of hydrogen-bond acceptors (Lipinski definition) is 4. The van der Waals surface area contributed by atoms with Gasteiger partial charge < -0.3 is 5.11 Å². The van der Waals surface area contributed by atoms with Crippen molar-refractivity contribution < 1.29 is 5.11 Å². The quantitative estimate of drug-likeness (QED) is 0.314. The Morgan fingerprint density at radius 2 is 1.21 bits per heavy atom. The highest BCUT2D eigenvalue weighted by molar-refractivity contribution is 6.03. The van der Waals surface area contributed by atoms with Crippen molar-refractivity contribution in [2.24, 2.45) is 0 Å². The van der Waals surface area contributed by atoms with Crippen LogP contribution in [0.4, 0.5) is 0 Å². The largest absolute Gasteiger partial charge is 0.507 e. The SMILES string of the molecule is Oc1ccccc1-c1cccc(-c2cccc(-c3ccc4ccc5cccnc5c4n3)c2)n1. The number of aromatic nitrogens is 3. The predicted molar refractivity (Wildman–Crippen MR) is 133 cm³/mol. The molecule has 0 bridgehead atoms. The molecule has 3 aromatic heterocycles. The molecule has 3 heterocycles. The highest BCUT2D eigenvalue weighted by Crippen LogP contribution is 2.31. The summed E-state index contributed by atoms with van der Waals surface area (Å²) < 4.78 is 0. The molecule has 1 N–H and O–H groups in total. The van der Waals surface area contributed by atoms with Gasteiger partial charge in [-0.05, 0) is 42.5 Å². The van der Waals surface area contributed by atoms with E-state index in [-0.39, 0.29) is 5.75 Å². The third kappa shape index (κ3) is 3.48. The van der Waals surface area contributed by atoms with Crippen LogP contribution in [0.25, 0.3) is 55.6 Å². The summed E-state index contributed by atoms with van der Waals surface area (Å²) in [5.41, 5.74) is 6.98. The number of rotatable bonds is 3. The van der Waals surface area contributed by atoms with Crippen molar-refractivity contribution in [2.45, 2.75) is 0 Å². The molecular formula is C29H19N3O. The first-order valence-electron chi connectivity index (χ1n) is 10.8. The zero-order valence-electron chi connectivity index (χ0n) is 17.7. The van der Waals surface area contributed by atoms with Crippen molar-refractivity contribution >= 4 is 21.8 Å². The van der Waals surface area contributed by atoms with Crippen molar-refractivity contribution in [1.82, 2.24) is 15.0 Å². The van der Waals surface area contributed by atoms with Gasteiger partial charge in [0, 0.05) is 33.7 Å². The molecule has 0 aliphatic carbocycles. The van der Waals surface area contributed by atoms with Gasteiger partial charge >= 0.3 is 0 Å². The van der Waals surface area contributed by atoms with Crippen LogP contribution in [0.2, 0.25) is 0 Å². The zero-order valence-corrected chi connectivity index (χ0v) is 17.7. The maximum Gasteiger partial charge on any atom is 0.124 e. The second kappa shape index (κ2) is 7.84. The minimum atomic E-state index is 0.220. The predicted octanol–water partition coefficient (Wildman–Crippen LogP) is 6.88. The van der Waals surface area contributed by atoms with Crippen LogP contribution in [0.1, 0.15) is 0 Å². The van der Waals surface area contributed by atoms with E-state index in [1.807, 2.05) is 54.6 Å². The Bertz CT molecular complexity index is 1640. The number of para-hydroxylation sites is 1. The second-order valence-corrected chi connectivity index (χ2v) is 7.91. The fourth-order valence-electron chi connectivity index (χ4n) is 4.16. The van der Waals surface area contributed by atoms with Crippen LogP contribution in [0.5, 0.6) is 5.75 Å². The Labute approximate surface area is 190 Å². The lowest BCUT2D eigenvalue weighted by molar-refractivity contribution is 0.477. The van der Waals surface area contributed by atoms with Crippen LogP contribution in [0.3, 0.4) is 0 Å². The zero-order chi connectivity index (χ0) is 22.2. The third-order valence-corrected chi connectivity index (χ3v) is 5.82. The molecule has 4 nitrogen and oxygen atoms in total. The fourth-order valence-corrected chi connectivity index (χ4v) is 4.16. The molecule has 0 aliphatic heterocycles. The molecule has 0 amide bonds. The lowest BCUT2D eigenvalue weighted by Crippen LogP contribution is -1.91. The molecule has 0 saturated carbocycles. The van der Waals surface area contributed by atoms with Crippen molar-refractivity contribution in [3.05, 3.63) is 109 Å². The maximum atomic E-state index is 10.2. The fraction of sp³-hybridized carbons (Fsp3) is 0. The highest BCUT2D eigenvalue weighted by atomic mass is 16.3. The Morgan fingerprint density at radius 3 is 2.06 bits per heavy atom. The molecule has 0 aliphatic rings. The molecule has 3 aromatic carbocycles. The summed E-state index contributed by atoms with van der Waals surface area (Å²) in [5.74, 6) is 0.220. The average Bonchev–Trinajstić information content (AvgIpc) is 2.89. The first-order valence-corrected chi connectivity index (χ1v) is 10.8. The Kier molecular flexibility index (Phi) is 4.55. The summed E-state index contributed by atoms with van der Waals surface area (Å²) in [6.45, 7) is 0. The van der Waals surface area contributed by atoms with Crippen molar-refractivity contribution in [2.75, 3.05) is 0 Å². The van der Waals surface area contributed by atoms with E-state index in [0.717, 1.165) is 50.0 Å². The highest BCUT2D eigenvalue weighted by Gasteiger charge is 2.10. The molecule has 156 valence electrons. The summed E-state index contributed by atoms with van der Waals surface area (Å²) in [5, 5.41) is 12.4. The number of nitrogens with zero attached hydrogens (tertiary/aromatic N) is 3. The molecule has 0 saturated heterocycles. The van der Waals surface area contributed by atoms with Gasteiger partial charge in [-0.1, -0.05) is 60.7 Å². The van der Waals surface area contributed by atoms with Crippen molar-refractivity contribution in [3.8, 4) is 39.5 Å². The minimum Gasteiger partial charge on any atom is -0.507 e. The Hall–Kier alpha value is -4.57. The summed E-state index contributed by atoms with van der Waals surface area (Å²) >= 11 is 0. The summed E-state index contributed by atoms with van der Waals surface area (Å²) in [7, 11) is 0. The number of fused-ring (bicyclic) bond motifs is 3. The molecule has 0 spiro atoms. The van der Waals surface area contributed by atoms with E-state index in [4.69, 9.17) is 9.97 Å². The number of phenols is 1. The van der Waals surface area contributed by atoms with Crippen LogP contribution < -0.4 is 0 Å². The standard InChI is InChI=1S/C29H19N3O/c33-27-12-2-1-9-23(27)26-11-4-10-24(31-26)21-6-3-7-22(18-21)25-16-15-20-14-13-19-8-5-17-30-28(19)29(20)32-25/h1-18,33H. The summed E-state index contributed by atoms with van der Waals surface area (Å²) in [4.78, 5) is 14.3. The van der Waals surface area contributed by atoms with Gasteiger partial charge in [0.15, 0.2) is 0 Å². The monoisotopic (exact) mass is 425 g/mol. The topological polar surface area (TPSA) is 58.9 Å². The van der Waals surface area contributed by atoms with E-state index >= 15 is 0 Å². The maximum absolute atomic E-state index is 10.2. The van der Waals surface area contributed by atoms with Gasteiger partial charge in [0.25, 0.3) is 0 Å². The van der Waals surface area contributed by atoms with Gasteiger partial charge in [-0.25, -0.2) is 9.97 Å². The lowest BCUT2D eigenvalue weighted by atomic mass is 10.0. The molecule has 0 unspecified atom stereocenters. The molecule has 4 heteroatoms. The summed E-state index contributed by atoms with van der Waals surface area (Å²) in [6, 6.07) is 33.6. The Balaban J connectivity index is 1.44. The van der Waals surface area contributed by atoms with Gasteiger partial charge in [0.2, 0.25) is 0 Å². The smallest absolute Gasteiger partial charge is 0.124 e. The van der Waals surface area contributed by atoms with Crippen LogP contribution in [-0.4, -0.2) is 20.1 Å². The van der Waals surface area contributed by atoms with Gasteiger partial charge in [0.05, 0.1) is 28.1 Å². The Morgan fingerprint density at radius 1 is 0.515 bits per heavy atom. The minimum absolute atomic E-state index is 0.220. The molecule has 0 fully saturated rings. The van der Waals surface area contributed by atoms with E-state index in [2.05, 4.69) is 41.4 Å². The molecular weight excluding hydrogens is 406 g/mol. The van der Waals surface area contributed by atoms with E-state index in [1.54, 1.807) is 18.3 Å². The van der Waals surface area contributed by atoms with Crippen molar-refractivity contribution in [3.63, 3.8) is 0 Å². The van der Waals surface area contributed by atoms with E-state index in [0.29, 0.717) is 5.56 Å². The van der Waals surface area contributed by atoms with Crippen molar-refractivity contribution in [1.29, 1.82) is 0 Å². The van der Waals surface area contributed by atoms with Crippen LogP contribution in [0.15, 0.2) is 109 Å².